The van der Waals surface area contributed by atoms with Crippen molar-refractivity contribution >= 4 is 11.8 Å². The molecule has 0 radical (unpaired) electrons. The fourth-order valence-corrected chi connectivity index (χ4v) is 4.28. The number of piperidine rings is 1. The predicted octanol–water partition coefficient (Wildman–Crippen LogP) is 3.20. The molecule has 0 N–H and O–H groups in total. The summed E-state index contributed by atoms with van der Waals surface area (Å²) < 4.78 is 1.89. The molecule has 0 aromatic carbocycles. The monoisotopic (exact) mass is 411 g/mol. The largest absolute Gasteiger partial charge is 0.341 e. The van der Waals surface area contributed by atoms with Gasteiger partial charge in [0.2, 0.25) is 11.8 Å². The van der Waals surface area contributed by atoms with Crippen LogP contribution in [0.4, 0.5) is 0 Å². The van der Waals surface area contributed by atoms with Crippen molar-refractivity contribution in [3.63, 3.8) is 0 Å². The summed E-state index contributed by atoms with van der Waals surface area (Å²) in [6, 6.07) is 3.56. The molecule has 1 saturated heterocycles. The van der Waals surface area contributed by atoms with E-state index in [-0.39, 0.29) is 23.8 Å². The number of aryl methyl sites for hydroxylation is 2. The summed E-state index contributed by atoms with van der Waals surface area (Å²) in [7, 11) is 1.84. The van der Waals surface area contributed by atoms with Crippen LogP contribution in [0.15, 0.2) is 30.7 Å². The molecule has 0 saturated carbocycles. The van der Waals surface area contributed by atoms with Crippen LogP contribution in [0.2, 0.25) is 0 Å². The minimum atomic E-state index is -0.281. The van der Waals surface area contributed by atoms with Gasteiger partial charge in [-0.3, -0.25) is 19.3 Å². The number of carbonyl (C=O) groups is 2. The molecule has 0 unspecified atom stereocenters. The van der Waals surface area contributed by atoms with Crippen molar-refractivity contribution in [3.05, 3.63) is 47.5 Å². The van der Waals surface area contributed by atoms with Gasteiger partial charge in [0.05, 0.1) is 17.7 Å². The topological polar surface area (TPSA) is 71.3 Å². The lowest BCUT2D eigenvalue weighted by Gasteiger charge is -2.42. The van der Waals surface area contributed by atoms with E-state index < -0.39 is 0 Å². The van der Waals surface area contributed by atoms with Gasteiger partial charge >= 0.3 is 0 Å². The molecule has 7 heteroatoms. The van der Waals surface area contributed by atoms with E-state index in [4.69, 9.17) is 0 Å². The van der Waals surface area contributed by atoms with Gasteiger partial charge in [0.25, 0.3) is 0 Å². The van der Waals surface area contributed by atoms with E-state index in [1.165, 1.54) is 0 Å². The summed E-state index contributed by atoms with van der Waals surface area (Å²) in [6.07, 6.45) is 6.47. The summed E-state index contributed by atoms with van der Waals surface area (Å²) in [6.45, 7) is 10.2. The van der Waals surface area contributed by atoms with Crippen LogP contribution in [-0.2, 0) is 22.7 Å². The highest BCUT2D eigenvalue weighted by atomic mass is 16.2. The van der Waals surface area contributed by atoms with Gasteiger partial charge in [-0.05, 0) is 37.8 Å². The lowest BCUT2D eigenvalue weighted by atomic mass is 9.83. The van der Waals surface area contributed by atoms with Crippen LogP contribution < -0.4 is 0 Å². The van der Waals surface area contributed by atoms with Crippen LogP contribution in [-0.4, -0.2) is 50.0 Å². The van der Waals surface area contributed by atoms with Crippen LogP contribution in [0.25, 0.3) is 0 Å². The normalized spacial score (nSPS) is 19.4. The molecule has 1 aliphatic heterocycles. The summed E-state index contributed by atoms with van der Waals surface area (Å²) >= 11 is 0. The van der Waals surface area contributed by atoms with Crippen LogP contribution >= 0.6 is 0 Å². The van der Waals surface area contributed by atoms with E-state index in [1.807, 2.05) is 48.8 Å². The van der Waals surface area contributed by atoms with Gasteiger partial charge in [0, 0.05) is 57.3 Å². The molecule has 30 heavy (non-hydrogen) atoms. The molecular formula is C23H33N5O2. The van der Waals surface area contributed by atoms with Crippen LogP contribution in [0.3, 0.4) is 0 Å². The molecule has 0 aliphatic carbocycles. The van der Waals surface area contributed by atoms with Crippen molar-refractivity contribution in [2.75, 3.05) is 13.6 Å². The van der Waals surface area contributed by atoms with Gasteiger partial charge < -0.3 is 9.80 Å². The molecule has 2 amide bonds. The number of hydrogen-bond donors (Lipinski definition) is 0. The standard InChI is InChI=1S/C23H33N5O2/c1-6-27-15-19(17(4)25-27)14-26(5)23(30)20-9-10-21(29)28(13-16(2)3)22(20)18-8-7-11-24-12-18/h7-8,11-12,15-16,20,22H,6,9-10,13-14H2,1-5H3/t20-,22+/m1/s1. The number of amides is 2. The van der Waals surface area contributed by atoms with E-state index in [0.717, 1.165) is 23.4 Å². The van der Waals surface area contributed by atoms with Gasteiger partial charge in [-0.1, -0.05) is 19.9 Å². The Morgan fingerprint density at radius 2 is 2.13 bits per heavy atom. The van der Waals surface area contributed by atoms with Crippen LogP contribution in [0.5, 0.6) is 0 Å². The SMILES string of the molecule is CCn1cc(CN(C)C(=O)[C@@H]2CCC(=O)N(CC(C)C)[C@H]2c2cccnc2)c(C)n1. The Labute approximate surface area is 179 Å². The van der Waals surface area contributed by atoms with Gasteiger partial charge in [-0.15, -0.1) is 0 Å². The first-order valence-electron chi connectivity index (χ1n) is 10.8. The van der Waals surface area contributed by atoms with E-state index in [1.54, 1.807) is 17.3 Å². The first kappa shape index (κ1) is 22.0. The second kappa shape index (κ2) is 9.41. The first-order valence-corrected chi connectivity index (χ1v) is 10.8. The van der Waals surface area contributed by atoms with Crippen molar-refractivity contribution in [1.82, 2.24) is 24.6 Å². The van der Waals surface area contributed by atoms with Gasteiger partial charge in [0.15, 0.2) is 0 Å². The minimum absolute atomic E-state index is 0.0637. The lowest BCUT2D eigenvalue weighted by Crippen LogP contribution is -2.49. The Balaban J connectivity index is 1.87. The number of carbonyl (C=O) groups excluding carboxylic acids is 2. The van der Waals surface area contributed by atoms with E-state index in [9.17, 15) is 9.59 Å². The molecule has 3 heterocycles. The molecule has 162 valence electrons. The van der Waals surface area contributed by atoms with Crippen LogP contribution in [0.1, 0.15) is 56.5 Å². The molecule has 2 aromatic rings. The minimum Gasteiger partial charge on any atom is -0.341 e. The van der Waals surface area contributed by atoms with Crippen molar-refractivity contribution in [3.8, 4) is 0 Å². The average molecular weight is 412 g/mol. The van der Waals surface area contributed by atoms with Gasteiger partial charge in [-0.2, -0.15) is 5.10 Å². The van der Waals surface area contributed by atoms with Crippen molar-refractivity contribution in [1.29, 1.82) is 0 Å². The third-order valence-electron chi connectivity index (χ3n) is 5.77. The maximum absolute atomic E-state index is 13.6. The predicted molar refractivity (Wildman–Crippen MR) is 115 cm³/mol. The fraction of sp³-hybridized carbons (Fsp3) is 0.565. The second-order valence-corrected chi connectivity index (χ2v) is 8.61. The third-order valence-corrected chi connectivity index (χ3v) is 5.77. The number of aromatic nitrogens is 3. The van der Waals surface area contributed by atoms with Crippen molar-refractivity contribution < 1.29 is 9.59 Å². The maximum Gasteiger partial charge on any atom is 0.228 e. The molecular weight excluding hydrogens is 378 g/mol. The Kier molecular flexibility index (Phi) is 6.90. The highest BCUT2D eigenvalue weighted by molar-refractivity contribution is 5.85. The zero-order chi connectivity index (χ0) is 21.8. The van der Waals surface area contributed by atoms with Crippen LogP contribution in [0, 0.1) is 18.8 Å². The number of rotatable bonds is 7. The molecule has 1 aliphatic rings. The van der Waals surface area contributed by atoms with Crippen molar-refractivity contribution in [2.24, 2.45) is 11.8 Å². The highest BCUT2D eigenvalue weighted by Gasteiger charge is 2.41. The number of nitrogens with zero attached hydrogens (tertiary/aromatic N) is 5. The number of likely N-dealkylation sites (tertiary alicyclic amines) is 1. The highest BCUT2D eigenvalue weighted by Crippen LogP contribution is 2.38. The Morgan fingerprint density at radius 1 is 1.37 bits per heavy atom. The maximum atomic E-state index is 13.6. The number of pyridine rings is 1. The Morgan fingerprint density at radius 3 is 2.73 bits per heavy atom. The lowest BCUT2D eigenvalue weighted by molar-refractivity contribution is -0.148. The molecule has 3 rings (SSSR count). The fourth-order valence-electron chi connectivity index (χ4n) is 4.28. The molecule has 2 atom stereocenters. The number of hydrogen-bond acceptors (Lipinski definition) is 4. The quantitative estimate of drug-likeness (QED) is 0.701. The third kappa shape index (κ3) is 4.71. The zero-order valence-corrected chi connectivity index (χ0v) is 18.7. The summed E-state index contributed by atoms with van der Waals surface area (Å²) in [4.78, 5) is 34.3. The van der Waals surface area contributed by atoms with Crippen molar-refractivity contribution in [2.45, 2.75) is 59.7 Å². The molecule has 2 aromatic heterocycles. The van der Waals surface area contributed by atoms with E-state index in [2.05, 4.69) is 23.9 Å². The van der Waals surface area contributed by atoms with E-state index in [0.29, 0.717) is 31.8 Å². The molecule has 0 spiro atoms. The first-order chi connectivity index (χ1) is 14.3. The van der Waals surface area contributed by atoms with Gasteiger partial charge in [-0.25, -0.2) is 0 Å². The van der Waals surface area contributed by atoms with Gasteiger partial charge in [0.1, 0.15) is 0 Å². The summed E-state index contributed by atoms with van der Waals surface area (Å²) in [5.74, 6) is 0.220. The second-order valence-electron chi connectivity index (χ2n) is 8.61. The molecule has 0 bridgehead atoms. The summed E-state index contributed by atoms with van der Waals surface area (Å²) in [5, 5.41) is 4.49. The average Bonchev–Trinajstić information content (AvgIpc) is 3.08. The zero-order valence-electron chi connectivity index (χ0n) is 18.7. The Bertz CT molecular complexity index is 877. The molecule has 7 nitrogen and oxygen atoms in total. The van der Waals surface area contributed by atoms with E-state index >= 15 is 0 Å². The summed E-state index contributed by atoms with van der Waals surface area (Å²) in [5.41, 5.74) is 2.92. The smallest absolute Gasteiger partial charge is 0.228 e. The molecule has 1 fully saturated rings. The Hall–Kier alpha value is -2.70.